The number of hydrogen-bond donors (Lipinski definition) is 1. The van der Waals surface area contributed by atoms with Crippen LogP contribution >= 0.6 is 23.2 Å². The summed E-state index contributed by atoms with van der Waals surface area (Å²) in [7, 11) is -3.55. The minimum absolute atomic E-state index is 0.119. The van der Waals surface area contributed by atoms with Crippen molar-refractivity contribution in [2.24, 2.45) is 5.92 Å². The lowest BCUT2D eigenvalue weighted by atomic mass is 9.99. The second-order valence-corrected chi connectivity index (χ2v) is 10.4. The average Bonchev–Trinajstić information content (AvgIpc) is 2.73. The molecule has 1 N–H and O–H groups in total. The van der Waals surface area contributed by atoms with E-state index in [2.05, 4.69) is 19.2 Å². The van der Waals surface area contributed by atoms with Crippen molar-refractivity contribution in [1.29, 1.82) is 0 Å². The number of sulfonamides is 1. The number of hydrogen-bond acceptors (Lipinski definition) is 3. The number of nitrogens with one attached hydrogen (secondary N) is 1. The van der Waals surface area contributed by atoms with Crippen molar-refractivity contribution < 1.29 is 13.2 Å². The Morgan fingerprint density at radius 3 is 2.29 bits per heavy atom. The van der Waals surface area contributed by atoms with E-state index in [0.29, 0.717) is 28.7 Å². The standard InChI is InChI=1S/C23H30Cl2N2O3S/c1-4-6-7-17(5-2)15-26-23(28)19-10-8-18(9-11-19)16-27(31(3,29)30)20-12-13-21(24)22(25)14-20/h8-14,17H,4-7,15-16H2,1-3H3,(H,26,28). The van der Waals surface area contributed by atoms with Crippen LogP contribution in [-0.2, 0) is 16.6 Å². The van der Waals surface area contributed by atoms with Gasteiger partial charge in [0.2, 0.25) is 10.0 Å². The molecule has 0 spiro atoms. The van der Waals surface area contributed by atoms with E-state index in [9.17, 15) is 13.2 Å². The van der Waals surface area contributed by atoms with Crippen molar-refractivity contribution >= 4 is 44.8 Å². The Morgan fingerprint density at radius 1 is 1.06 bits per heavy atom. The molecule has 0 saturated heterocycles. The van der Waals surface area contributed by atoms with Gasteiger partial charge in [-0.1, -0.05) is 68.4 Å². The zero-order valence-corrected chi connectivity index (χ0v) is 20.5. The Hall–Kier alpha value is -1.76. The van der Waals surface area contributed by atoms with Crippen LogP contribution in [0.1, 0.15) is 55.5 Å². The van der Waals surface area contributed by atoms with Gasteiger partial charge in [-0.05, 0) is 48.2 Å². The van der Waals surface area contributed by atoms with Gasteiger partial charge < -0.3 is 5.32 Å². The number of nitrogens with zero attached hydrogens (tertiary/aromatic N) is 1. The molecule has 2 aromatic carbocycles. The maximum Gasteiger partial charge on any atom is 0.251 e. The number of amides is 1. The highest BCUT2D eigenvalue weighted by atomic mass is 35.5. The molecule has 0 aliphatic heterocycles. The molecular weight excluding hydrogens is 455 g/mol. The number of halogens is 2. The fourth-order valence-corrected chi connectivity index (χ4v) is 4.42. The zero-order valence-electron chi connectivity index (χ0n) is 18.2. The van der Waals surface area contributed by atoms with Crippen LogP contribution in [0, 0.1) is 5.92 Å². The van der Waals surface area contributed by atoms with Crippen LogP contribution in [0.15, 0.2) is 42.5 Å². The number of unbranched alkanes of at least 4 members (excludes halogenated alkanes) is 1. The SMILES string of the molecule is CCCCC(CC)CNC(=O)c1ccc(CN(c2ccc(Cl)c(Cl)c2)S(C)(=O)=O)cc1. The summed E-state index contributed by atoms with van der Waals surface area (Å²) in [6, 6.07) is 11.7. The quantitative estimate of drug-likeness (QED) is 0.431. The number of carbonyl (C=O) groups is 1. The van der Waals surface area contributed by atoms with Gasteiger partial charge in [0.15, 0.2) is 0 Å². The van der Waals surface area contributed by atoms with E-state index in [4.69, 9.17) is 23.2 Å². The van der Waals surface area contributed by atoms with E-state index in [-0.39, 0.29) is 17.5 Å². The molecule has 170 valence electrons. The number of benzene rings is 2. The molecule has 0 aromatic heterocycles. The predicted octanol–water partition coefficient (Wildman–Crippen LogP) is 5.91. The Bertz CT molecular complexity index is 979. The monoisotopic (exact) mass is 484 g/mol. The van der Waals surface area contributed by atoms with E-state index < -0.39 is 10.0 Å². The minimum atomic E-state index is -3.55. The summed E-state index contributed by atoms with van der Waals surface area (Å²) in [6.07, 6.45) is 5.61. The highest BCUT2D eigenvalue weighted by Gasteiger charge is 2.19. The third-order valence-corrected chi connectivity index (χ3v) is 7.11. The van der Waals surface area contributed by atoms with E-state index >= 15 is 0 Å². The molecule has 0 fully saturated rings. The first-order chi connectivity index (χ1) is 14.7. The number of rotatable bonds is 11. The van der Waals surface area contributed by atoms with Gasteiger partial charge in [-0.2, -0.15) is 0 Å². The lowest BCUT2D eigenvalue weighted by Crippen LogP contribution is -2.30. The van der Waals surface area contributed by atoms with Gasteiger partial charge in [0, 0.05) is 12.1 Å². The summed E-state index contributed by atoms with van der Waals surface area (Å²) in [5.74, 6) is 0.364. The molecule has 1 atom stereocenters. The largest absolute Gasteiger partial charge is 0.352 e. The third kappa shape index (κ3) is 7.70. The number of anilines is 1. The molecule has 0 heterocycles. The van der Waals surface area contributed by atoms with E-state index in [1.165, 1.54) is 16.8 Å². The lowest BCUT2D eigenvalue weighted by Gasteiger charge is -2.23. The van der Waals surface area contributed by atoms with Crippen LogP contribution in [-0.4, -0.2) is 27.1 Å². The Balaban J connectivity index is 2.08. The molecule has 0 saturated carbocycles. The molecule has 0 bridgehead atoms. The smallest absolute Gasteiger partial charge is 0.251 e. The second kappa shape index (κ2) is 11.7. The highest BCUT2D eigenvalue weighted by Crippen LogP contribution is 2.29. The van der Waals surface area contributed by atoms with Crippen molar-refractivity contribution in [3.05, 3.63) is 63.6 Å². The minimum Gasteiger partial charge on any atom is -0.352 e. The Labute approximate surface area is 195 Å². The number of carbonyl (C=O) groups excluding carboxylic acids is 1. The summed E-state index contributed by atoms with van der Waals surface area (Å²) >= 11 is 12.0. The highest BCUT2D eigenvalue weighted by molar-refractivity contribution is 7.92. The van der Waals surface area contributed by atoms with Gasteiger partial charge in [0.25, 0.3) is 5.91 Å². The van der Waals surface area contributed by atoms with Gasteiger partial charge in [0.05, 0.1) is 28.5 Å². The van der Waals surface area contributed by atoms with Crippen LogP contribution < -0.4 is 9.62 Å². The van der Waals surface area contributed by atoms with Crippen LogP contribution in [0.5, 0.6) is 0 Å². The topological polar surface area (TPSA) is 66.5 Å². The molecule has 0 aliphatic carbocycles. The fraction of sp³-hybridized carbons (Fsp3) is 0.435. The first kappa shape index (κ1) is 25.5. The van der Waals surface area contributed by atoms with E-state index in [1.54, 1.807) is 36.4 Å². The molecular formula is C23H30Cl2N2O3S. The molecule has 2 rings (SSSR count). The van der Waals surface area contributed by atoms with Crippen molar-refractivity contribution in [2.45, 2.75) is 46.1 Å². The third-order valence-electron chi connectivity index (χ3n) is 5.23. The van der Waals surface area contributed by atoms with Crippen LogP contribution in [0.4, 0.5) is 5.69 Å². The maximum absolute atomic E-state index is 12.5. The van der Waals surface area contributed by atoms with E-state index in [0.717, 1.165) is 31.1 Å². The first-order valence-corrected chi connectivity index (χ1v) is 13.1. The summed E-state index contributed by atoms with van der Waals surface area (Å²) in [5.41, 5.74) is 1.73. The summed E-state index contributed by atoms with van der Waals surface area (Å²) in [6.45, 7) is 5.09. The molecule has 1 unspecified atom stereocenters. The van der Waals surface area contributed by atoms with Crippen molar-refractivity contribution in [3.63, 3.8) is 0 Å². The second-order valence-electron chi connectivity index (χ2n) is 7.69. The molecule has 2 aromatic rings. The van der Waals surface area contributed by atoms with Gasteiger partial charge in [0.1, 0.15) is 0 Å². The molecule has 8 heteroatoms. The van der Waals surface area contributed by atoms with Crippen LogP contribution in [0.2, 0.25) is 10.0 Å². The summed E-state index contributed by atoms with van der Waals surface area (Å²) in [5, 5.41) is 3.65. The van der Waals surface area contributed by atoms with Gasteiger partial charge in [-0.15, -0.1) is 0 Å². The molecule has 1 amide bonds. The average molecular weight is 485 g/mol. The fourth-order valence-electron chi connectivity index (χ4n) is 3.25. The van der Waals surface area contributed by atoms with Crippen molar-refractivity contribution in [1.82, 2.24) is 5.32 Å². The normalized spacial score (nSPS) is 12.4. The molecule has 5 nitrogen and oxygen atoms in total. The lowest BCUT2D eigenvalue weighted by molar-refractivity contribution is 0.0946. The zero-order chi connectivity index (χ0) is 23.0. The van der Waals surface area contributed by atoms with Gasteiger partial charge >= 0.3 is 0 Å². The summed E-state index contributed by atoms with van der Waals surface area (Å²) < 4.78 is 25.9. The molecule has 0 aliphatic rings. The first-order valence-electron chi connectivity index (χ1n) is 10.5. The van der Waals surface area contributed by atoms with Gasteiger partial charge in [-0.3, -0.25) is 9.10 Å². The van der Waals surface area contributed by atoms with Crippen LogP contribution in [0.3, 0.4) is 0 Å². The molecule has 31 heavy (non-hydrogen) atoms. The summed E-state index contributed by atoms with van der Waals surface area (Å²) in [4.78, 5) is 12.5. The van der Waals surface area contributed by atoms with E-state index in [1.807, 2.05) is 0 Å². The van der Waals surface area contributed by atoms with Crippen LogP contribution in [0.25, 0.3) is 0 Å². The van der Waals surface area contributed by atoms with Crippen molar-refractivity contribution in [2.75, 3.05) is 17.1 Å². The maximum atomic E-state index is 12.5. The van der Waals surface area contributed by atoms with Crippen molar-refractivity contribution in [3.8, 4) is 0 Å². The predicted molar refractivity (Wildman–Crippen MR) is 130 cm³/mol. The Morgan fingerprint density at radius 2 is 1.74 bits per heavy atom. The van der Waals surface area contributed by atoms with Gasteiger partial charge in [-0.25, -0.2) is 8.42 Å². The Kier molecular flexibility index (Phi) is 9.66. The molecule has 0 radical (unpaired) electrons.